The average molecular weight is 378 g/mol. The zero-order valence-electron chi connectivity index (χ0n) is 15.7. The smallest absolute Gasteiger partial charge is 0.261 e. The first kappa shape index (κ1) is 18.2. The molecule has 28 heavy (non-hydrogen) atoms. The summed E-state index contributed by atoms with van der Waals surface area (Å²) in [5.74, 6) is 1.25. The third kappa shape index (κ3) is 3.48. The second-order valence-electron chi connectivity index (χ2n) is 6.87. The van der Waals surface area contributed by atoms with Crippen LogP contribution in [0.25, 0.3) is 11.5 Å². The van der Waals surface area contributed by atoms with E-state index >= 15 is 0 Å². The van der Waals surface area contributed by atoms with Crippen molar-refractivity contribution < 1.29 is 14.0 Å². The molecular formula is C21H22N4O3. The lowest BCUT2D eigenvalue weighted by Crippen LogP contribution is -2.31. The van der Waals surface area contributed by atoms with Crippen molar-refractivity contribution in [3.05, 3.63) is 65.0 Å². The highest BCUT2D eigenvalue weighted by molar-refractivity contribution is 6.21. The number of fused-ring (bicyclic) bond motifs is 1. The number of nitrogens with zero attached hydrogens (tertiary/aromatic N) is 2. The Morgan fingerprint density at radius 3 is 2.50 bits per heavy atom. The van der Waals surface area contributed by atoms with Crippen LogP contribution in [0.15, 0.2) is 47.0 Å². The van der Waals surface area contributed by atoms with Crippen molar-refractivity contribution in [3.63, 3.8) is 0 Å². The SMILES string of the molecule is Cc1ccc(-c2[nH]ncc2CNCCCCN2C(=O)c3ccccc3C2=O)o1. The summed E-state index contributed by atoms with van der Waals surface area (Å²) in [7, 11) is 0. The van der Waals surface area contributed by atoms with Gasteiger partial charge in [0.2, 0.25) is 0 Å². The van der Waals surface area contributed by atoms with Crippen molar-refractivity contribution in [2.24, 2.45) is 0 Å². The zero-order valence-corrected chi connectivity index (χ0v) is 15.7. The second kappa shape index (κ2) is 7.82. The van der Waals surface area contributed by atoms with E-state index in [-0.39, 0.29) is 11.8 Å². The highest BCUT2D eigenvalue weighted by Gasteiger charge is 2.34. The van der Waals surface area contributed by atoms with E-state index in [9.17, 15) is 9.59 Å². The van der Waals surface area contributed by atoms with Gasteiger partial charge in [0.05, 0.1) is 17.3 Å². The molecule has 3 heterocycles. The molecule has 144 valence electrons. The van der Waals surface area contributed by atoms with E-state index in [1.54, 1.807) is 30.5 Å². The molecule has 0 unspecified atom stereocenters. The van der Waals surface area contributed by atoms with Gasteiger partial charge in [0.15, 0.2) is 5.76 Å². The second-order valence-corrected chi connectivity index (χ2v) is 6.87. The quantitative estimate of drug-likeness (QED) is 0.464. The van der Waals surface area contributed by atoms with Crippen LogP contribution in [0.4, 0.5) is 0 Å². The molecule has 2 N–H and O–H groups in total. The van der Waals surface area contributed by atoms with Gasteiger partial charge in [0.1, 0.15) is 11.5 Å². The van der Waals surface area contributed by atoms with Crippen LogP contribution in [-0.4, -0.2) is 40.0 Å². The summed E-state index contributed by atoms with van der Waals surface area (Å²) >= 11 is 0. The number of hydrogen-bond donors (Lipinski definition) is 2. The minimum absolute atomic E-state index is 0.190. The monoisotopic (exact) mass is 378 g/mol. The van der Waals surface area contributed by atoms with Crippen molar-refractivity contribution in [1.82, 2.24) is 20.4 Å². The topological polar surface area (TPSA) is 91.2 Å². The molecule has 2 aromatic heterocycles. The van der Waals surface area contributed by atoms with Gasteiger partial charge in [-0.15, -0.1) is 0 Å². The number of benzene rings is 1. The van der Waals surface area contributed by atoms with Crippen LogP contribution in [0.1, 0.15) is 44.9 Å². The molecule has 0 aliphatic carbocycles. The first-order chi connectivity index (χ1) is 13.6. The lowest BCUT2D eigenvalue weighted by Gasteiger charge is -2.13. The van der Waals surface area contributed by atoms with Crippen molar-refractivity contribution >= 4 is 11.8 Å². The number of aromatic nitrogens is 2. The van der Waals surface area contributed by atoms with E-state index in [1.807, 2.05) is 19.1 Å². The number of amides is 2. The molecule has 3 aromatic rings. The Morgan fingerprint density at radius 1 is 1.07 bits per heavy atom. The number of aromatic amines is 1. The third-order valence-corrected chi connectivity index (χ3v) is 4.88. The fourth-order valence-electron chi connectivity index (χ4n) is 3.41. The maximum absolute atomic E-state index is 12.3. The predicted molar refractivity (Wildman–Crippen MR) is 104 cm³/mol. The fraction of sp³-hybridized carbons (Fsp3) is 0.286. The van der Waals surface area contributed by atoms with Gasteiger partial charge < -0.3 is 9.73 Å². The molecule has 4 rings (SSSR count). The predicted octanol–water partition coefficient (Wildman–Crippen LogP) is 3.14. The Bertz CT molecular complexity index is 970. The Labute approximate surface area is 162 Å². The normalized spacial score (nSPS) is 13.4. The highest BCUT2D eigenvalue weighted by atomic mass is 16.3. The first-order valence-corrected chi connectivity index (χ1v) is 9.40. The Hall–Kier alpha value is -3.19. The van der Waals surface area contributed by atoms with E-state index in [2.05, 4.69) is 15.5 Å². The minimum Gasteiger partial charge on any atom is -0.460 e. The van der Waals surface area contributed by atoms with Gasteiger partial charge in [-0.05, 0) is 50.6 Å². The van der Waals surface area contributed by atoms with E-state index in [0.717, 1.165) is 42.2 Å². The number of aryl methyl sites for hydroxylation is 1. The van der Waals surface area contributed by atoms with E-state index in [4.69, 9.17) is 4.42 Å². The summed E-state index contributed by atoms with van der Waals surface area (Å²) in [6.07, 6.45) is 3.41. The number of rotatable bonds is 8. The summed E-state index contributed by atoms with van der Waals surface area (Å²) in [6.45, 7) is 3.80. The summed E-state index contributed by atoms with van der Waals surface area (Å²) in [6, 6.07) is 10.8. The van der Waals surface area contributed by atoms with Crippen LogP contribution < -0.4 is 5.32 Å². The standard InChI is InChI=1S/C21H22N4O3/c1-14-8-9-18(28-14)19-15(13-23-24-19)12-22-10-4-5-11-25-20(26)16-6-2-3-7-17(16)21(25)27/h2-3,6-9,13,22H,4-5,10-12H2,1H3,(H,23,24). The van der Waals surface area contributed by atoms with Crippen molar-refractivity contribution in [2.45, 2.75) is 26.3 Å². The van der Waals surface area contributed by atoms with Gasteiger partial charge in [-0.2, -0.15) is 5.10 Å². The maximum atomic E-state index is 12.3. The number of carbonyl (C=O) groups excluding carboxylic acids is 2. The Balaban J connectivity index is 1.22. The van der Waals surface area contributed by atoms with Crippen molar-refractivity contribution in [3.8, 4) is 11.5 Å². The van der Waals surface area contributed by atoms with Gasteiger partial charge in [0, 0.05) is 18.7 Å². The Morgan fingerprint density at radius 2 is 1.82 bits per heavy atom. The van der Waals surface area contributed by atoms with Crippen LogP contribution in [0.5, 0.6) is 0 Å². The van der Waals surface area contributed by atoms with Gasteiger partial charge in [-0.1, -0.05) is 12.1 Å². The van der Waals surface area contributed by atoms with E-state index < -0.39 is 0 Å². The lowest BCUT2D eigenvalue weighted by molar-refractivity contribution is 0.0651. The van der Waals surface area contributed by atoms with E-state index in [1.165, 1.54) is 4.90 Å². The van der Waals surface area contributed by atoms with Gasteiger partial charge in [0.25, 0.3) is 11.8 Å². The highest BCUT2D eigenvalue weighted by Crippen LogP contribution is 2.24. The number of hydrogen-bond acceptors (Lipinski definition) is 5. The lowest BCUT2D eigenvalue weighted by atomic mass is 10.1. The molecule has 0 radical (unpaired) electrons. The Kier molecular flexibility index (Phi) is 5.08. The number of unbranched alkanes of at least 4 members (excludes halogenated alkanes) is 1. The summed E-state index contributed by atoms with van der Waals surface area (Å²) < 4.78 is 5.65. The molecule has 1 aromatic carbocycles. The van der Waals surface area contributed by atoms with Crippen LogP contribution >= 0.6 is 0 Å². The number of H-pyrrole nitrogens is 1. The maximum Gasteiger partial charge on any atom is 0.261 e. The van der Waals surface area contributed by atoms with Gasteiger partial charge >= 0.3 is 0 Å². The number of carbonyl (C=O) groups is 2. The molecule has 2 amide bonds. The molecule has 0 atom stereocenters. The van der Waals surface area contributed by atoms with Gasteiger partial charge in [-0.25, -0.2) is 0 Å². The molecule has 7 nitrogen and oxygen atoms in total. The number of furan rings is 1. The minimum atomic E-state index is -0.190. The van der Waals surface area contributed by atoms with Crippen molar-refractivity contribution in [1.29, 1.82) is 0 Å². The molecule has 0 fully saturated rings. The zero-order chi connectivity index (χ0) is 19.5. The van der Waals surface area contributed by atoms with Crippen LogP contribution in [0.2, 0.25) is 0 Å². The first-order valence-electron chi connectivity index (χ1n) is 9.40. The molecule has 0 bridgehead atoms. The summed E-state index contributed by atoms with van der Waals surface area (Å²) in [5.41, 5.74) is 2.93. The van der Waals surface area contributed by atoms with Crippen LogP contribution in [0, 0.1) is 6.92 Å². The fourth-order valence-corrected chi connectivity index (χ4v) is 3.41. The molecular weight excluding hydrogens is 356 g/mol. The number of nitrogens with one attached hydrogen (secondary N) is 2. The number of imide groups is 1. The average Bonchev–Trinajstić information content (AvgIpc) is 3.39. The summed E-state index contributed by atoms with van der Waals surface area (Å²) in [5, 5.41) is 10.5. The molecule has 7 heteroatoms. The molecule has 1 aliphatic heterocycles. The van der Waals surface area contributed by atoms with Crippen molar-refractivity contribution in [2.75, 3.05) is 13.1 Å². The van der Waals surface area contributed by atoms with Crippen LogP contribution in [0.3, 0.4) is 0 Å². The third-order valence-electron chi connectivity index (χ3n) is 4.88. The molecule has 1 aliphatic rings. The largest absolute Gasteiger partial charge is 0.460 e. The molecule has 0 spiro atoms. The molecule has 0 saturated heterocycles. The van der Waals surface area contributed by atoms with Crippen LogP contribution in [-0.2, 0) is 6.54 Å². The van der Waals surface area contributed by atoms with E-state index in [0.29, 0.717) is 24.2 Å². The molecule has 0 saturated carbocycles. The van der Waals surface area contributed by atoms with Gasteiger partial charge in [-0.3, -0.25) is 19.6 Å². The summed E-state index contributed by atoms with van der Waals surface area (Å²) in [4.78, 5) is 26.0.